The summed E-state index contributed by atoms with van der Waals surface area (Å²) in [5, 5.41) is 0. The smallest absolute Gasteiger partial charge is 0.0219 e. The van der Waals surface area contributed by atoms with Crippen molar-refractivity contribution in [2.75, 3.05) is 39.3 Å². The summed E-state index contributed by atoms with van der Waals surface area (Å²) in [6, 6.07) is 0.618. The van der Waals surface area contributed by atoms with Crippen LogP contribution in [0.25, 0.3) is 0 Å². The zero-order chi connectivity index (χ0) is 12.7. The molecule has 0 bridgehead atoms. The van der Waals surface area contributed by atoms with Gasteiger partial charge in [-0.1, -0.05) is 27.2 Å². The molecule has 1 aliphatic heterocycles. The highest BCUT2D eigenvalue weighted by atomic mass is 15.3. The van der Waals surface area contributed by atoms with Crippen molar-refractivity contribution in [1.82, 2.24) is 9.80 Å². The molecular formula is C14H31N3. The number of rotatable bonds is 7. The molecule has 0 aliphatic carbocycles. The van der Waals surface area contributed by atoms with Crippen molar-refractivity contribution >= 4 is 0 Å². The zero-order valence-electron chi connectivity index (χ0n) is 12.0. The van der Waals surface area contributed by atoms with Crippen LogP contribution in [0.2, 0.25) is 0 Å². The van der Waals surface area contributed by atoms with Crippen molar-refractivity contribution < 1.29 is 0 Å². The van der Waals surface area contributed by atoms with Crippen LogP contribution in [0.4, 0.5) is 0 Å². The summed E-state index contributed by atoms with van der Waals surface area (Å²) in [6.45, 7) is 13.8. The number of nitrogens with zero attached hydrogens (tertiary/aromatic N) is 2. The number of hydrogen-bond acceptors (Lipinski definition) is 3. The van der Waals surface area contributed by atoms with E-state index in [2.05, 4.69) is 30.6 Å². The molecule has 2 N–H and O–H groups in total. The molecular weight excluding hydrogens is 210 g/mol. The lowest BCUT2D eigenvalue weighted by Gasteiger charge is -2.39. The van der Waals surface area contributed by atoms with E-state index in [9.17, 15) is 0 Å². The Morgan fingerprint density at radius 1 is 1.06 bits per heavy atom. The van der Waals surface area contributed by atoms with Crippen LogP contribution in [0.15, 0.2) is 0 Å². The molecule has 1 fully saturated rings. The molecule has 1 saturated heterocycles. The van der Waals surface area contributed by atoms with Gasteiger partial charge in [-0.2, -0.15) is 0 Å². The van der Waals surface area contributed by atoms with E-state index in [0.29, 0.717) is 6.04 Å². The quantitative estimate of drug-likeness (QED) is 0.737. The predicted molar refractivity (Wildman–Crippen MR) is 75.2 cm³/mol. The van der Waals surface area contributed by atoms with E-state index >= 15 is 0 Å². The van der Waals surface area contributed by atoms with Crippen LogP contribution >= 0.6 is 0 Å². The molecule has 3 heteroatoms. The van der Waals surface area contributed by atoms with E-state index in [4.69, 9.17) is 5.73 Å². The van der Waals surface area contributed by atoms with E-state index in [1.807, 2.05) is 0 Å². The molecule has 17 heavy (non-hydrogen) atoms. The topological polar surface area (TPSA) is 32.5 Å². The third-order valence-corrected chi connectivity index (χ3v) is 3.84. The summed E-state index contributed by atoms with van der Waals surface area (Å²) < 4.78 is 0. The normalized spacial score (nSPS) is 21.0. The minimum Gasteiger partial charge on any atom is -0.329 e. The number of nitrogens with two attached hydrogens (primary N) is 1. The Hall–Kier alpha value is -0.120. The Morgan fingerprint density at radius 2 is 1.71 bits per heavy atom. The molecule has 0 aromatic heterocycles. The Bertz CT molecular complexity index is 186. The van der Waals surface area contributed by atoms with Crippen molar-refractivity contribution in [1.29, 1.82) is 0 Å². The lowest BCUT2D eigenvalue weighted by atomic mass is 10.1. The second-order valence-corrected chi connectivity index (χ2v) is 5.74. The van der Waals surface area contributed by atoms with E-state index in [1.165, 1.54) is 52.0 Å². The molecule has 0 saturated carbocycles. The van der Waals surface area contributed by atoms with Gasteiger partial charge in [0.1, 0.15) is 0 Å². The van der Waals surface area contributed by atoms with Gasteiger partial charge in [0.25, 0.3) is 0 Å². The lowest BCUT2D eigenvalue weighted by molar-refractivity contribution is 0.0918. The number of hydrogen-bond donors (Lipinski definition) is 1. The monoisotopic (exact) mass is 241 g/mol. The first-order valence-electron chi connectivity index (χ1n) is 7.33. The summed E-state index contributed by atoms with van der Waals surface area (Å²) in [4.78, 5) is 5.20. The molecule has 1 atom stereocenters. The first kappa shape index (κ1) is 14.9. The van der Waals surface area contributed by atoms with Crippen LogP contribution in [0.3, 0.4) is 0 Å². The molecule has 0 aromatic carbocycles. The minimum atomic E-state index is 0.618. The van der Waals surface area contributed by atoms with Crippen molar-refractivity contribution in [3.05, 3.63) is 0 Å². The number of piperazine rings is 1. The summed E-state index contributed by atoms with van der Waals surface area (Å²) in [5.41, 5.74) is 5.87. The standard InChI is InChI=1S/C14H31N3/c1-4-5-14(12-15)17-10-8-16(9-11-17)7-6-13(2)3/h13-14H,4-12,15H2,1-3H3. The maximum absolute atomic E-state index is 5.87. The van der Waals surface area contributed by atoms with Crippen molar-refractivity contribution in [2.24, 2.45) is 11.7 Å². The van der Waals surface area contributed by atoms with E-state index < -0.39 is 0 Å². The third kappa shape index (κ3) is 5.36. The Morgan fingerprint density at radius 3 is 2.18 bits per heavy atom. The Balaban J connectivity index is 2.24. The Kier molecular flexibility index (Phi) is 7.09. The van der Waals surface area contributed by atoms with Gasteiger partial charge in [-0.05, 0) is 25.3 Å². The molecule has 102 valence electrons. The van der Waals surface area contributed by atoms with Gasteiger partial charge in [-0.3, -0.25) is 4.90 Å². The molecule has 1 heterocycles. The van der Waals surface area contributed by atoms with Gasteiger partial charge in [-0.25, -0.2) is 0 Å². The second kappa shape index (κ2) is 8.06. The highest BCUT2D eigenvalue weighted by Gasteiger charge is 2.21. The van der Waals surface area contributed by atoms with E-state index in [1.54, 1.807) is 0 Å². The fraction of sp³-hybridized carbons (Fsp3) is 1.00. The van der Waals surface area contributed by atoms with E-state index in [-0.39, 0.29) is 0 Å². The van der Waals surface area contributed by atoms with Gasteiger partial charge >= 0.3 is 0 Å². The Labute approximate surface area is 107 Å². The minimum absolute atomic E-state index is 0.618. The first-order valence-corrected chi connectivity index (χ1v) is 7.33. The summed E-state index contributed by atoms with van der Waals surface area (Å²) >= 11 is 0. The zero-order valence-corrected chi connectivity index (χ0v) is 12.0. The maximum atomic E-state index is 5.87. The van der Waals surface area contributed by atoms with Crippen molar-refractivity contribution in [2.45, 2.75) is 46.1 Å². The molecule has 1 rings (SSSR count). The second-order valence-electron chi connectivity index (χ2n) is 5.74. The lowest BCUT2D eigenvalue weighted by Crippen LogP contribution is -2.52. The average molecular weight is 241 g/mol. The molecule has 0 amide bonds. The van der Waals surface area contributed by atoms with Crippen LogP contribution < -0.4 is 5.73 Å². The molecule has 0 aromatic rings. The average Bonchev–Trinajstić information content (AvgIpc) is 2.34. The van der Waals surface area contributed by atoms with Crippen molar-refractivity contribution in [3.63, 3.8) is 0 Å². The van der Waals surface area contributed by atoms with Crippen LogP contribution in [0.1, 0.15) is 40.0 Å². The van der Waals surface area contributed by atoms with Crippen molar-refractivity contribution in [3.8, 4) is 0 Å². The third-order valence-electron chi connectivity index (χ3n) is 3.84. The van der Waals surface area contributed by atoms with Crippen LogP contribution in [0.5, 0.6) is 0 Å². The molecule has 0 spiro atoms. The molecule has 1 aliphatic rings. The summed E-state index contributed by atoms with van der Waals surface area (Å²) in [7, 11) is 0. The van der Waals surface area contributed by atoms with Crippen LogP contribution in [-0.4, -0.2) is 55.1 Å². The molecule has 3 nitrogen and oxygen atoms in total. The predicted octanol–water partition coefficient (Wildman–Crippen LogP) is 1.78. The van der Waals surface area contributed by atoms with Crippen LogP contribution in [-0.2, 0) is 0 Å². The highest BCUT2D eigenvalue weighted by molar-refractivity contribution is 4.79. The first-order chi connectivity index (χ1) is 8.17. The van der Waals surface area contributed by atoms with E-state index in [0.717, 1.165) is 12.5 Å². The van der Waals surface area contributed by atoms with Crippen LogP contribution in [0, 0.1) is 5.92 Å². The van der Waals surface area contributed by atoms with Gasteiger partial charge in [-0.15, -0.1) is 0 Å². The van der Waals surface area contributed by atoms with Gasteiger partial charge in [0.15, 0.2) is 0 Å². The summed E-state index contributed by atoms with van der Waals surface area (Å²) in [5.74, 6) is 0.824. The SMILES string of the molecule is CCCC(CN)N1CCN(CCC(C)C)CC1. The maximum Gasteiger partial charge on any atom is 0.0219 e. The fourth-order valence-electron chi connectivity index (χ4n) is 2.58. The molecule has 1 unspecified atom stereocenters. The highest BCUT2D eigenvalue weighted by Crippen LogP contribution is 2.11. The largest absolute Gasteiger partial charge is 0.329 e. The molecule has 0 radical (unpaired) electrons. The fourth-order valence-corrected chi connectivity index (χ4v) is 2.58. The summed E-state index contributed by atoms with van der Waals surface area (Å²) in [6.07, 6.45) is 3.83. The van der Waals surface area contributed by atoms with Gasteiger partial charge in [0, 0.05) is 38.8 Å². The van der Waals surface area contributed by atoms with Gasteiger partial charge in [0.2, 0.25) is 0 Å². The van der Waals surface area contributed by atoms with Gasteiger partial charge < -0.3 is 10.6 Å². The van der Waals surface area contributed by atoms with Gasteiger partial charge in [0.05, 0.1) is 0 Å².